The number of benzene rings is 2. The van der Waals surface area contributed by atoms with Crippen molar-refractivity contribution in [3.05, 3.63) is 57.0 Å². The second-order valence-corrected chi connectivity index (χ2v) is 6.11. The summed E-state index contributed by atoms with van der Waals surface area (Å²) in [7, 11) is 0. The number of halogens is 2. The maximum atomic E-state index is 12.1. The topological polar surface area (TPSA) is 41.1 Å². The lowest BCUT2D eigenvalue weighted by molar-refractivity contribution is -0.116. The van der Waals surface area contributed by atoms with Crippen LogP contribution in [0.25, 0.3) is 0 Å². The average Bonchev–Trinajstić information content (AvgIpc) is 2.68. The summed E-state index contributed by atoms with van der Waals surface area (Å²) in [6.45, 7) is 1.96. The zero-order valence-electron chi connectivity index (χ0n) is 10.7. The minimum absolute atomic E-state index is 0.0487. The van der Waals surface area contributed by atoms with Crippen LogP contribution < -0.4 is 10.6 Å². The van der Waals surface area contributed by atoms with Gasteiger partial charge in [-0.3, -0.25) is 4.79 Å². The summed E-state index contributed by atoms with van der Waals surface area (Å²) in [5.41, 5.74) is 3.71. The number of nitrogens with one attached hydrogen (secondary N) is 2. The van der Waals surface area contributed by atoms with Gasteiger partial charge in [0.05, 0.1) is 0 Å². The van der Waals surface area contributed by atoms with Crippen LogP contribution in [0, 0.1) is 6.92 Å². The van der Waals surface area contributed by atoms with E-state index in [2.05, 4.69) is 26.6 Å². The molecular weight excluding hydrogens is 340 g/mol. The smallest absolute Gasteiger partial charge is 0.251 e. The van der Waals surface area contributed by atoms with Crippen molar-refractivity contribution in [1.82, 2.24) is 0 Å². The standard InChI is InChI=1S/C15H12BrClN2O/c1-8-6-10(17)3-5-12(8)18-14-11-4-2-9(16)7-13(11)19-15(14)20/h2-7,14,18H,1H3,(H,19,20). The zero-order chi connectivity index (χ0) is 14.3. The van der Waals surface area contributed by atoms with Gasteiger partial charge in [-0.2, -0.15) is 0 Å². The van der Waals surface area contributed by atoms with E-state index in [0.717, 1.165) is 27.0 Å². The van der Waals surface area contributed by atoms with Crippen LogP contribution in [0.15, 0.2) is 40.9 Å². The molecular formula is C15H12BrClN2O. The largest absolute Gasteiger partial charge is 0.370 e. The van der Waals surface area contributed by atoms with Crippen molar-refractivity contribution in [2.75, 3.05) is 10.6 Å². The van der Waals surface area contributed by atoms with Crippen LogP contribution in [0.3, 0.4) is 0 Å². The van der Waals surface area contributed by atoms with Crippen LogP contribution in [0.4, 0.5) is 11.4 Å². The number of fused-ring (bicyclic) bond motifs is 1. The van der Waals surface area contributed by atoms with E-state index in [1.807, 2.05) is 43.3 Å². The van der Waals surface area contributed by atoms with E-state index in [1.54, 1.807) is 0 Å². The molecule has 1 unspecified atom stereocenters. The molecule has 0 fully saturated rings. The van der Waals surface area contributed by atoms with Crippen molar-refractivity contribution in [1.29, 1.82) is 0 Å². The Kier molecular flexibility index (Phi) is 3.44. The molecule has 2 aromatic carbocycles. The molecule has 1 aliphatic heterocycles. The van der Waals surface area contributed by atoms with Crippen molar-refractivity contribution in [2.24, 2.45) is 0 Å². The van der Waals surface area contributed by atoms with Crippen molar-refractivity contribution < 1.29 is 4.79 Å². The van der Waals surface area contributed by atoms with Crippen molar-refractivity contribution in [2.45, 2.75) is 13.0 Å². The fourth-order valence-electron chi connectivity index (χ4n) is 2.32. The summed E-state index contributed by atoms with van der Waals surface area (Å²) in [4.78, 5) is 12.1. The van der Waals surface area contributed by atoms with Gasteiger partial charge in [0.2, 0.25) is 0 Å². The van der Waals surface area contributed by atoms with Gasteiger partial charge in [-0.05, 0) is 42.8 Å². The normalized spacial score (nSPS) is 16.8. The Morgan fingerprint density at radius 1 is 1.25 bits per heavy atom. The van der Waals surface area contributed by atoms with Crippen LogP contribution >= 0.6 is 27.5 Å². The highest BCUT2D eigenvalue weighted by Gasteiger charge is 2.30. The molecule has 20 heavy (non-hydrogen) atoms. The summed E-state index contributed by atoms with van der Waals surface area (Å²) in [6, 6.07) is 11.0. The molecule has 5 heteroatoms. The molecule has 0 aliphatic carbocycles. The molecule has 0 bridgehead atoms. The van der Waals surface area contributed by atoms with Crippen LogP contribution in [-0.2, 0) is 4.79 Å². The molecule has 1 aliphatic rings. The molecule has 1 amide bonds. The van der Waals surface area contributed by atoms with E-state index < -0.39 is 0 Å². The summed E-state index contributed by atoms with van der Waals surface area (Å²) < 4.78 is 0.944. The second kappa shape index (κ2) is 5.11. The maximum absolute atomic E-state index is 12.1. The first-order valence-electron chi connectivity index (χ1n) is 6.17. The van der Waals surface area contributed by atoms with Gasteiger partial charge in [-0.15, -0.1) is 0 Å². The number of carbonyl (C=O) groups is 1. The van der Waals surface area contributed by atoms with Gasteiger partial charge < -0.3 is 10.6 Å². The Balaban J connectivity index is 1.94. The Morgan fingerprint density at radius 3 is 2.80 bits per heavy atom. The highest BCUT2D eigenvalue weighted by Crippen LogP contribution is 2.35. The quantitative estimate of drug-likeness (QED) is 0.835. The van der Waals surface area contributed by atoms with Gasteiger partial charge in [-0.25, -0.2) is 0 Å². The first-order valence-corrected chi connectivity index (χ1v) is 7.35. The molecule has 0 aromatic heterocycles. The van der Waals surface area contributed by atoms with Crippen molar-refractivity contribution in [3.63, 3.8) is 0 Å². The van der Waals surface area contributed by atoms with Gasteiger partial charge >= 0.3 is 0 Å². The van der Waals surface area contributed by atoms with Gasteiger partial charge in [0, 0.05) is 26.4 Å². The molecule has 3 nitrogen and oxygen atoms in total. The SMILES string of the molecule is Cc1cc(Cl)ccc1NC1C(=O)Nc2cc(Br)ccc21. The lowest BCUT2D eigenvalue weighted by Crippen LogP contribution is -2.20. The first kappa shape index (κ1) is 13.5. The molecule has 0 spiro atoms. The highest BCUT2D eigenvalue weighted by atomic mass is 79.9. The lowest BCUT2D eigenvalue weighted by atomic mass is 10.1. The molecule has 1 heterocycles. The van der Waals surface area contributed by atoms with E-state index in [9.17, 15) is 4.79 Å². The third kappa shape index (κ3) is 2.41. The fraction of sp³-hybridized carbons (Fsp3) is 0.133. The predicted molar refractivity (Wildman–Crippen MR) is 85.3 cm³/mol. The van der Waals surface area contributed by atoms with Gasteiger partial charge in [0.15, 0.2) is 0 Å². The van der Waals surface area contributed by atoms with E-state index in [0.29, 0.717) is 5.02 Å². The molecule has 2 N–H and O–H groups in total. The molecule has 0 saturated heterocycles. The molecule has 1 atom stereocenters. The van der Waals surface area contributed by atoms with Crippen LogP contribution in [0.2, 0.25) is 5.02 Å². The number of aryl methyl sites for hydroxylation is 1. The number of rotatable bonds is 2. The van der Waals surface area contributed by atoms with Crippen molar-refractivity contribution in [3.8, 4) is 0 Å². The lowest BCUT2D eigenvalue weighted by Gasteiger charge is -2.15. The third-order valence-electron chi connectivity index (χ3n) is 3.33. The number of hydrogen-bond acceptors (Lipinski definition) is 2. The minimum atomic E-state index is -0.377. The van der Waals surface area contributed by atoms with Gasteiger partial charge in [-0.1, -0.05) is 33.6 Å². The summed E-state index contributed by atoms with van der Waals surface area (Å²) >= 11 is 9.35. The highest BCUT2D eigenvalue weighted by molar-refractivity contribution is 9.10. The Morgan fingerprint density at radius 2 is 2.05 bits per heavy atom. The Hall–Kier alpha value is -1.52. The Labute approximate surface area is 130 Å². The van der Waals surface area contributed by atoms with Crippen molar-refractivity contribution >= 4 is 44.8 Å². The minimum Gasteiger partial charge on any atom is -0.370 e. The maximum Gasteiger partial charge on any atom is 0.251 e. The molecule has 0 radical (unpaired) electrons. The monoisotopic (exact) mass is 350 g/mol. The summed E-state index contributed by atoms with van der Waals surface area (Å²) in [6.07, 6.45) is 0. The van der Waals surface area contributed by atoms with Gasteiger partial charge in [0.1, 0.15) is 6.04 Å². The van der Waals surface area contributed by atoms with E-state index in [4.69, 9.17) is 11.6 Å². The van der Waals surface area contributed by atoms with Crippen LogP contribution in [0.1, 0.15) is 17.2 Å². The fourth-order valence-corrected chi connectivity index (χ4v) is 2.91. The zero-order valence-corrected chi connectivity index (χ0v) is 13.0. The molecule has 102 valence electrons. The summed E-state index contributed by atoms with van der Waals surface area (Å²) in [5, 5.41) is 6.85. The average molecular weight is 352 g/mol. The summed E-state index contributed by atoms with van der Waals surface area (Å²) in [5.74, 6) is -0.0487. The van der Waals surface area contributed by atoms with E-state index in [1.165, 1.54) is 0 Å². The predicted octanol–water partition coefficient (Wildman–Crippen LogP) is 4.52. The Bertz CT molecular complexity index is 702. The molecule has 2 aromatic rings. The molecule has 3 rings (SSSR count). The number of hydrogen-bond donors (Lipinski definition) is 2. The van der Waals surface area contributed by atoms with Crippen LogP contribution in [-0.4, -0.2) is 5.91 Å². The second-order valence-electron chi connectivity index (χ2n) is 4.76. The third-order valence-corrected chi connectivity index (χ3v) is 4.06. The van der Waals surface area contributed by atoms with Crippen LogP contribution in [0.5, 0.6) is 0 Å². The molecule has 0 saturated carbocycles. The number of amides is 1. The van der Waals surface area contributed by atoms with Gasteiger partial charge in [0.25, 0.3) is 5.91 Å². The van der Waals surface area contributed by atoms with E-state index >= 15 is 0 Å². The van der Waals surface area contributed by atoms with E-state index in [-0.39, 0.29) is 11.9 Å². The first-order chi connectivity index (χ1) is 9.54. The number of carbonyl (C=O) groups excluding carboxylic acids is 1. The number of anilines is 2.